The number of carbonyl (C=O) groups excluding carboxylic acids is 2. The number of amides is 2. The number of hydrogen-bond donors (Lipinski definition) is 2. The number of anilines is 1. The lowest BCUT2D eigenvalue weighted by Gasteiger charge is -2.19. The van der Waals surface area contributed by atoms with Gasteiger partial charge in [-0.15, -0.1) is 0 Å². The summed E-state index contributed by atoms with van der Waals surface area (Å²) in [5.41, 5.74) is 6.34. The monoisotopic (exact) mass is 418 g/mol. The summed E-state index contributed by atoms with van der Waals surface area (Å²) in [7, 11) is 0. The van der Waals surface area contributed by atoms with Crippen molar-refractivity contribution in [2.24, 2.45) is 11.0 Å². The lowest BCUT2D eigenvalue weighted by molar-refractivity contribution is -0.126. The van der Waals surface area contributed by atoms with Crippen LogP contribution in [0.15, 0.2) is 47.6 Å². The van der Waals surface area contributed by atoms with Crippen LogP contribution in [0, 0.1) is 5.92 Å². The van der Waals surface area contributed by atoms with Crippen molar-refractivity contribution in [2.75, 3.05) is 5.32 Å². The van der Waals surface area contributed by atoms with Gasteiger partial charge in [-0.3, -0.25) is 9.59 Å². The summed E-state index contributed by atoms with van der Waals surface area (Å²) in [4.78, 5) is 24.7. The van der Waals surface area contributed by atoms with E-state index >= 15 is 0 Å². The first-order valence-corrected chi connectivity index (χ1v) is 11.2. The highest BCUT2D eigenvalue weighted by molar-refractivity contribution is 6.11. The second-order valence-electron chi connectivity index (χ2n) is 8.38. The summed E-state index contributed by atoms with van der Waals surface area (Å²) in [6.07, 6.45) is 5.40. The second kappa shape index (κ2) is 9.33. The highest BCUT2D eigenvalue weighted by Gasteiger charge is 2.20. The lowest BCUT2D eigenvalue weighted by Crippen LogP contribution is -2.29. The summed E-state index contributed by atoms with van der Waals surface area (Å²) in [6, 6.07) is 14.3. The third-order valence-corrected chi connectivity index (χ3v) is 6.12. The van der Waals surface area contributed by atoms with Crippen LogP contribution < -0.4 is 10.7 Å². The van der Waals surface area contributed by atoms with Crippen LogP contribution in [0.5, 0.6) is 0 Å². The van der Waals surface area contributed by atoms with Crippen LogP contribution in [-0.2, 0) is 16.1 Å². The average Bonchev–Trinajstić information content (AvgIpc) is 3.11. The Hall–Kier alpha value is -3.15. The maximum Gasteiger partial charge on any atom is 0.243 e. The van der Waals surface area contributed by atoms with E-state index in [4.69, 9.17) is 0 Å². The molecule has 1 aromatic heterocycles. The van der Waals surface area contributed by atoms with E-state index in [0.717, 1.165) is 48.8 Å². The maximum atomic E-state index is 12.5. The van der Waals surface area contributed by atoms with E-state index in [1.54, 1.807) is 6.92 Å². The van der Waals surface area contributed by atoms with E-state index in [1.807, 2.05) is 24.3 Å². The summed E-state index contributed by atoms with van der Waals surface area (Å²) >= 11 is 0. The van der Waals surface area contributed by atoms with Crippen LogP contribution in [0.4, 0.5) is 5.69 Å². The summed E-state index contributed by atoms with van der Waals surface area (Å²) < 4.78 is 2.28. The topological polar surface area (TPSA) is 75.5 Å². The third kappa shape index (κ3) is 4.63. The molecular formula is C25H30N4O2. The molecule has 162 valence electrons. The van der Waals surface area contributed by atoms with Gasteiger partial charge in [0.15, 0.2) is 0 Å². The fourth-order valence-corrected chi connectivity index (χ4v) is 4.56. The first-order chi connectivity index (χ1) is 15.1. The Kier molecular flexibility index (Phi) is 6.35. The van der Waals surface area contributed by atoms with Crippen molar-refractivity contribution in [3.8, 4) is 0 Å². The first kappa shape index (κ1) is 21.1. The molecule has 0 atom stereocenters. The van der Waals surface area contributed by atoms with Crippen molar-refractivity contribution in [1.82, 2.24) is 9.99 Å². The van der Waals surface area contributed by atoms with Crippen molar-refractivity contribution in [3.05, 3.63) is 42.5 Å². The van der Waals surface area contributed by atoms with Crippen LogP contribution in [0.3, 0.4) is 0 Å². The van der Waals surface area contributed by atoms with E-state index in [0.29, 0.717) is 5.71 Å². The molecule has 0 bridgehead atoms. The van der Waals surface area contributed by atoms with Gasteiger partial charge in [0.2, 0.25) is 11.8 Å². The van der Waals surface area contributed by atoms with Gasteiger partial charge in [0.05, 0.1) is 6.42 Å². The molecule has 4 rings (SSSR count). The number of nitrogens with one attached hydrogen (secondary N) is 2. The fourth-order valence-electron chi connectivity index (χ4n) is 4.56. The first-order valence-electron chi connectivity index (χ1n) is 11.2. The van der Waals surface area contributed by atoms with Gasteiger partial charge in [-0.25, -0.2) is 5.43 Å². The molecule has 0 aliphatic heterocycles. The van der Waals surface area contributed by atoms with E-state index in [1.165, 1.54) is 17.3 Å². The summed E-state index contributed by atoms with van der Waals surface area (Å²) in [5, 5.41) is 9.41. The summed E-state index contributed by atoms with van der Waals surface area (Å²) in [5.74, 6) is -0.125. The molecule has 1 fully saturated rings. The Balaban J connectivity index is 1.42. The molecule has 2 aromatic carbocycles. The van der Waals surface area contributed by atoms with Crippen LogP contribution in [0.25, 0.3) is 21.8 Å². The van der Waals surface area contributed by atoms with E-state index < -0.39 is 0 Å². The number of hydrazone groups is 1. The normalized spacial score (nSPS) is 15.4. The predicted molar refractivity (Wildman–Crippen MR) is 126 cm³/mol. The maximum absolute atomic E-state index is 12.5. The molecule has 6 nitrogen and oxygen atoms in total. The molecule has 1 aliphatic carbocycles. The van der Waals surface area contributed by atoms with Gasteiger partial charge in [0, 0.05) is 45.7 Å². The van der Waals surface area contributed by atoms with E-state index in [2.05, 4.69) is 45.5 Å². The molecule has 31 heavy (non-hydrogen) atoms. The molecule has 3 aromatic rings. The van der Waals surface area contributed by atoms with E-state index in [-0.39, 0.29) is 24.2 Å². The Morgan fingerprint density at radius 3 is 2.55 bits per heavy atom. The smallest absolute Gasteiger partial charge is 0.243 e. The fraction of sp³-hybridized carbons (Fsp3) is 0.400. The Labute approximate surface area is 182 Å². The molecule has 2 amide bonds. The van der Waals surface area contributed by atoms with Crippen LogP contribution in [0.2, 0.25) is 0 Å². The van der Waals surface area contributed by atoms with Crippen molar-refractivity contribution >= 4 is 45.0 Å². The zero-order valence-electron chi connectivity index (χ0n) is 18.3. The van der Waals surface area contributed by atoms with Gasteiger partial charge in [-0.05, 0) is 51.0 Å². The van der Waals surface area contributed by atoms with Crippen LogP contribution >= 0.6 is 0 Å². The van der Waals surface area contributed by atoms with Gasteiger partial charge >= 0.3 is 0 Å². The standard InChI is InChI=1S/C25H30N4O2/c1-3-29-22-12-8-7-11-20(22)21-16-19(13-14-23(21)29)26-24(30)15-17(2)27-28-25(31)18-9-5-4-6-10-18/h7-8,11-14,16,18H,3-6,9-10,15H2,1-2H3,(H,26,30)(H,28,31). The van der Waals surface area contributed by atoms with Gasteiger partial charge in [-0.1, -0.05) is 37.5 Å². The minimum atomic E-state index is -0.147. The number of rotatable bonds is 6. The molecule has 0 unspecified atom stereocenters. The number of aromatic nitrogens is 1. The lowest BCUT2D eigenvalue weighted by atomic mass is 9.89. The van der Waals surface area contributed by atoms with Crippen molar-refractivity contribution in [3.63, 3.8) is 0 Å². The Morgan fingerprint density at radius 1 is 1.03 bits per heavy atom. The highest BCUT2D eigenvalue weighted by Crippen LogP contribution is 2.31. The molecule has 1 heterocycles. The third-order valence-electron chi connectivity index (χ3n) is 6.12. The number of fused-ring (bicyclic) bond motifs is 3. The molecule has 0 spiro atoms. The molecule has 1 saturated carbocycles. The second-order valence-corrected chi connectivity index (χ2v) is 8.38. The number of benzene rings is 2. The SMILES string of the molecule is CCn1c2ccccc2c2cc(NC(=O)CC(C)=NNC(=O)C3CCCCC3)ccc21. The Bertz CT molecular complexity index is 1140. The van der Waals surface area contributed by atoms with Crippen molar-refractivity contribution in [2.45, 2.75) is 58.9 Å². The predicted octanol–water partition coefficient (Wildman–Crippen LogP) is 5.22. The molecule has 6 heteroatoms. The van der Waals surface area contributed by atoms with Crippen molar-refractivity contribution in [1.29, 1.82) is 0 Å². The Morgan fingerprint density at radius 2 is 1.77 bits per heavy atom. The number of carbonyl (C=O) groups is 2. The number of aryl methyl sites for hydroxylation is 1. The van der Waals surface area contributed by atoms with Gasteiger partial charge < -0.3 is 9.88 Å². The molecule has 0 radical (unpaired) electrons. The van der Waals surface area contributed by atoms with Gasteiger partial charge in [-0.2, -0.15) is 5.10 Å². The molecule has 2 N–H and O–H groups in total. The van der Waals surface area contributed by atoms with Gasteiger partial charge in [0.1, 0.15) is 0 Å². The number of para-hydroxylation sites is 1. The quantitative estimate of drug-likeness (QED) is 0.426. The van der Waals surface area contributed by atoms with Crippen LogP contribution in [-0.4, -0.2) is 22.1 Å². The minimum absolute atomic E-state index is 0.0303. The van der Waals surface area contributed by atoms with Gasteiger partial charge in [0.25, 0.3) is 0 Å². The molecule has 1 aliphatic rings. The van der Waals surface area contributed by atoms with Crippen LogP contribution in [0.1, 0.15) is 52.4 Å². The van der Waals surface area contributed by atoms with Crippen molar-refractivity contribution < 1.29 is 9.59 Å². The molecular weight excluding hydrogens is 388 g/mol. The largest absolute Gasteiger partial charge is 0.341 e. The zero-order chi connectivity index (χ0) is 21.8. The van der Waals surface area contributed by atoms with E-state index in [9.17, 15) is 9.59 Å². The number of hydrogen-bond acceptors (Lipinski definition) is 3. The zero-order valence-corrected chi connectivity index (χ0v) is 18.3. The highest BCUT2D eigenvalue weighted by atomic mass is 16.2. The minimum Gasteiger partial charge on any atom is -0.341 e. The summed E-state index contributed by atoms with van der Waals surface area (Å²) in [6.45, 7) is 4.79. The molecule has 0 saturated heterocycles. The average molecular weight is 419 g/mol. The number of nitrogens with zero attached hydrogens (tertiary/aromatic N) is 2.